The van der Waals surface area contributed by atoms with Crippen LogP contribution in [0.3, 0.4) is 0 Å². The fraction of sp³-hybridized carbons (Fsp3) is 0.364. The molecule has 0 N–H and O–H groups in total. The number of nitro benzene ring substituents is 1. The number of carbonyl (C=O) groups excluding carboxylic acids is 1. The van der Waals surface area contributed by atoms with Gasteiger partial charge in [-0.15, -0.1) is 0 Å². The van der Waals surface area contributed by atoms with Crippen molar-refractivity contribution in [2.45, 2.75) is 16.6 Å². The van der Waals surface area contributed by atoms with Crippen LogP contribution in [0, 0.1) is 10.1 Å². The molecule has 18 heavy (non-hydrogen) atoms. The molecule has 0 radical (unpaired) electrons. The van der Waals surface area contributed by atoms with Crippen molar-refractivity contribution in [3.05, 3.63) is 39.9 Å². The van der Waals surface area contributed by atoms with E-state index in [2.05, 4.69) is 31.9 Å². The van der Waals surface area contributed by atoms with Crippen LogP contribution in [0.5, 0.6) is 0 Å². The van der Waals surface area contributed by atoms with Crippen molar-refractivity contribution in [3.63, 3.8) is 0 Å². The quantitative estimate of drug-likeness (QED) is 0.340. The fourth-order valence-electron chi connectivity index (χ4n) is 1.29. The number of ether oxygens (including phenoxy) is 1. The van der Waals surface area contributed by atoms with Gasteiger partial charge in [0.1, 0.15) is 4.83 Å². The van der Waals surface area contributed by atoms with Gasteiger partial charge < -0.3 is 4.74 Å². The maximum Gasteiger partial charge on any atom is 0.321 e. The van der Waals surface area contributed by atoms with Gasteiger partial charge in [-0.2, -0.15) is 0 Å². The molecule has 98 valence electrons. The maximum absolute atomic E-state index is 11.5. The predicted molar refractivity (Wildman–Crippen MR) is 74.1 cm³/mol. The third-order valence-electron chi connectivity index (χ3n) is 2.19. The topological polar surface area (TPSA) is 69.4 Å². The van der Waals surface area contributed by atoms with Crippen molar-refractivity contribution >= 4 is 43.5 Å². The van der Waals surface area contributed by atoms with Crippen LogP contribution in [0.25, 0.3) is 0 Å². The number of halogens is 2. The average Bonchev–Trinajstić information content (AvgIpc) is 2.37. The number of nitrogens with zero attached hydrogens (tertiary/aromatic N) is 1. The molecule has 0 aromatic heterocycles. The third-order valence-corrected chi connectivity index (χ3v) is 4.86. The summed E-state index contributed by atoms with van der Waals surface area (Å²) in [5.41, 5.74) is 0.774. The first kappa shape index (κ1) is 15.1. The largest absolute Gasteiger partial charge is 0.465 e. The summed E-state index contributed by atoms with van der Waals surface area (Å²) in [4.78, 5) is 20.7. The average molecular weight is 381 g/mol. The van der Waals surface area contributed by atoms with Crippen molar-refractivity contribution in [2.75, 3.05) is 6.61 Å². The molecule has 0 aliphatic heterocycles. The van der Waals surface area contributed by atoms with Gasteiger partial charge in [-0.05, 0) is 12.5 Å². The first-order chi connectivity index (χ1) is 8.47. The molecule has 1 aromatic carbocycles. The van der Waals surface area contributed by atoms with E-state index in [1.54, 1.807) is 19.1 Å². The summed E-state index contributed by atoms with van der Waals surface area (Å²) in [7, 11) is 0. The van der Waals surface area contributed by atoms with Crippen molar-refractivity contribution in [2.24, 2.45) is 0 Å². The highest BCUT2D eigenvalue weighted by molar-refractivity contribution is 9.12. The Morgan fingerprint density at radius 3 is 2.39 bits per heavy atom. The van der Waals surface area contributed by atoms with Crippen molar-refractivity contribution in [3.8, 4) is 0 Å². The highest BCUT2D eigenvalue weighted by Gasteiger charge is 2.26. The fourth-order valence-corrected chi connectivity index (χ4v) is 2.25. The lowest BCUT2D eigenvalue weighted by atomic mass is 10.1. The number of rotatable bonds is 5. The molecule has 0 saturated heterocycles. The van der Waals surface area contributed by atoms with E-state index in [1.165, 1.54) is 12.1 Å². The van der Waals surface area contributed by atoms with Gasteiger partial charge in [0.05, 0.1) is 16.4 Å². The van der Waals surface area contributed by atoms with Gasteiger partial charge in [0.2, 0.25) is 0 Å². The second-order valence-electron chi connectivity index (χ2n) is 3.40. The number of esters is 1. The van der Waals surface area contributed by atoms with Crippen molar-refractivity contribution in [1.82, 2.24) is 0 Å². The molecule has 7 heteroatoms. The Balaban J connectivity index is 2.80. The van der Waals surface area contributed by atoms with E-state index in [9.17, 15) is 14.9 Å². The summed E-state index contributed by atoms with van der Waals surface area (Å²) in [6, 6.07) is 6.00. The Hall–Kier alpha value is -0.950. The molecule has 0 amide bonds. The minimum atomic E-state index is -0.543. The monoisotopic (exact) mass is 379 g/mol. The zero-order valence-electron chi connectivity index (χ0n) is 9.51. The Bertz CT molecular complexity index is 435. The molecule has 2 atom stereocenters. The van der Waals surface area contributed by atoms with E-state index in [4.69, 9.17) is 4.74 Å². The zero-order valence-corrected chi connectivity index (χ0v) is 12.7. The predicted octanol–water partition coefficient (Wildman–Crippen LogP) is 3.36. The third kappa shape index (κ3) is 3.78. The highest BCUT2D eigenvalue weighted by atomic mass is 79.9. The molecule has 0 fully saturated rings. The van der Waals surface area contributed by atoms with E-state index in [0.29, 0.717) is 6.61 Å². The van der Waals surface area contributed by atoms with Gasteiger partial charge in [0.25, 0.3) is 5.69 Å². The first-order valence-corrected chi connectivity index (χ1v) is 6.99. The lowest BCUT2D eigenvalue weighted by Gasteiger charge is -2.15. The summed E-state index contributed by atoms with van der Waals surface area (Å²) in [6.07, 6.45) is 0. The molecule has 0 saturated carbocycles. The second-order valence-corrected chi connectivity index (χ2v) is 5.38. The molecule has 0 heterocycles. The van der Waals surface area contributed by atoms with Gasteiger partial charge >= 0.3 is 5.97 Å². The van der Waals surface area contributed by atoms with Gasteiger partial charge in [-0.25, -0.2) is 0 Å². The summed E-state index contributed by atoms with van der Waals surface area (Å²) >= 11 is 6.60. The summed E-state index contributed by atoms with van der Waals surface area (Å²) in [5, 5.41) is 10.5. The summed E-state index contributed by atoms with van der Waals surface area (Å²) in [6.45, 7) is 2.04. The molecular formula is C11H11Br2NO4. The van der Waals surface area contributed by atoms with Crippen molar-refractivity contribution < 1.29 is 14.5 Å². The van der Waals surface area contributed by atoms with Crippen LogP contribution in [-0.4, -0.2) is 22.3 Å². The zero-order chi connectivity index (χ0) is 13.7. The minimum absolute atomic E-state index is 0.0145. The van der Waals surface area contributed by atoms with Crippen LogP contribution in [0.2, 0.25) is 0 Å². The molecular weight excluding hydrogens is 370 g/mol. The van der Waals surface area contributed by atoms with E-state index in [1.807, 2.05) is 0 Å². The number of benzene rings is 1. The van der Waals surface area contributed by atoms with Crippen LogP contribution in [0.1, 0.15) is 17.3 Å². The van der Waals surface area contributed by atoms with E-state index >= 15 is 0 Å². The minimum Gasteiger partial charge on any atom is -0.465 e. The highest BCUT2D eigenvalue weighted by Crippen LogP contribution is 2.32. The standard InChI is InChI=1S/C11H11Br2NO4/c1-2-18-11(15)10(13)9(12)7-3-5-8(6-4-7)14(16)17/h3-6,9-10H,2H2,1H3/t9-,10-/m0/s1. The van der Waals surface area contributed by atoms with E-state index < -0.39 is 9.75 Å². The molecule has 0 unspecified atom stereocenters. The van der Waals surface area contributed by atoms with Gasteiger partial charge in [-0.1, -0.05) is 44.0 Å². The van der Waals surface area contributed by atoms with Gasteiger partial charge in [-0.3, -0.25) is 14.9 Å². The lowest BCUT2D eigenvalue weighted by molar-refractivity contribution is -0.384. The molecule has 5 nitrogen and oxygen atoms in total. The smallest absolute Gasteiger partial charge is 0.321 e. The Morgan fingerprint density at radius 2 is 1.94 bits per heavy atom. The Labute approximate surface area is 121 Å². The van der Waals surface area contributed by atoms with E-state index in [-0.39, 0.29) is 16.5 Å². The summed E-state index contributed by atoms with van der Waals surface area (Å²) < 4.78 is 4.88. The normalized spacial score (nSPS) is 13.7. The van der Waals surface area contributed by atoms with Crippen LogP contribution >= 0.6 is 31.9 Å². The molecule has 1 rings (SSSR count). The number of carbonyl (C=O) groups is 1. The Morgan fingerprint density at radius 1 is 1.39 bits per heavy atom. The van der Waals surface area contributed by atoms with Gasteiger partial charge in [0.15, 0.2) is 0 Å². The molecule has 0 spiro atoms. The number of non-ortho nitro benzene ring substituents is 1. The lowest BCUT2D eigenvalue weighted by Crippen LogP contribution is -2.21. The van der Waals surface area contributed by atoms with Crippen LogP contribution in [0.15, 0.2) is 24.3 Å². The van der Waals surface area contributed by atoms with Crippen molar-refractivity contribution in [1.29, 1.82) is 0 Å². The Kier molecular flexibility index (Phi) is 5.74. The van der Waals surface area contributed by atoms with Crippen LogP contribution in [-0.2, 0) is 9.53 Å². The SMILES string of the molecule is CCOC(=O)[C@@H](Br)[C@@H](Br)c1ccc([N+](=O)[O-])cc1. The number of alkyl halides is 2. The second kappa shape index (κ2) is 6.84. The summed E-state index contributed by atoms with van der Waals surface area (Å²) in [5.74, 6) is -0.377. The number of hydrogen-bond donors (Lipinski definition) is 0. The molecule has 1 aromatic rings. The van der Waals surface area contributed by atoms with Crippen LogP contribution in [0.4, 0.5) is 5.69 Å². The van der Waals surface area contributed by atoms with E-state index in [0.717, 1.165) is 5.56 Å². The first-order valence-electron chi connectivity index (χ1n) is 5.16. The maximum atomic E-state index is 11.5. The van der Waals surface area contributed by atoms with Crippen LogP contribution < -0.4 is 0 Å². The molecule has 0 aliphatic rings. The number of nitro groups is 1. The number of hydrogen-bond acceptors (Lipinski definition) is 4. The molecule has 0 bridgehead atoms. The molecule has 0 aliphatic carbocycles. The van der Waals surface area contributed by atoms with Gasteiger partial charge in [0, 0.05) is 12.1 Å².